The zero-order valence-electron chi connectivity index (χ0n) is 23.9. The summed E-state index contributed by atoms with van der Waals surface area (Å²) < 4.78 is 5.79. The molecule has 4 aliphatic rings. The Kier molecular flexibility index (Phi) is 6.75. The van der Waals surface area contributed by atoms with Gasteiger partial charge in [-0.25, -0.2) is 0 Å². The van der Waals surface area contributed by atoms with E-state index in [1.807, 2.05) is 18.2 Å². The largest absolute Gasteiger partial charge is 0.507 e. The second-order valence-corrected chi connectivity index (χ2v) is 12.4. The molecule has 11 heteroatoms. The van der Waals surface area contributed by atoms with E-state index in [-0.39, 0.29) is 24.2 Å². The predicted molar refractivity (Wildman–Crippen MR) is 150 cm³/mol. The molecule has 6 rings (SSSR count). The van der Waals surface area contributed by atoms with E-state index in [1.54, 1.807) is 14.1 Å². The van der Waals surface area contributed by atoms with Crippen molar-refractivity contribution in [1.82, 2.24) is 9.80 Å². The van der Waals surface area contributed by atoms with Gasteiger partial charge in [0, 0.05) is 28.8 Å². The smallest absolute Gasteiger partial charge is 0.235 e. The number of hydrogen-bond donors (Lipinski definition) is 3. The van der Waals surface area contributed by atoms with Crippen LogP contribution in [0.1, 0.15) is 40.7 Å². The molecule has 11 nitrogen and oxygen atoms in total. The van der Waals surface area contributed by atoms with Crippen LogP contribution in [-0.2, 0) is 32.1 Å². The maximum atomic E-state index is 14.1. The lowest BCUT2D eigenvalue weighted by Gasteiger charge is -2.52. The lowest BCUT2D eigenvalue weighted by atomic mass is 9.52. The number of methoxy groups -OCH3 is 1. The average molecular weight is 578 g/mol. The van der Waals surface area contributed by atoms with Crippen LogP contribution in [0.3, 0.4) is 0 Å². The first-order valence-corrected chi connectivity index (χ1v) is 14.3. The van der Waals surface area contributed by atoms with E-state index in [0.29, 0.717) is 28.6 Å². The van der Waals surface area contributed by atoms with E-state index in [2.05, 4.69) is 4.90 Å². The van der Waals surface area contributed by atoms with Crippen molar-refractivity contribution in [3.63, 3.8) is 0 Å². The van der Waals surface area contributed by atoms with Gasteiger partial charge in [-0.15, -0.1) is 0 Å². The summed E-state index contributed by atoms with van der Waals surface area (Å²) in [5.41, 5.74) is 3.97. The van der Waals surface area contributed by atoms with Crippen molar-refractivity contribution in [2.45, 2.75) is 43.9 Å². The fourth-order valence-electron chi connectivity index (χ4n) is 8.01. The van der Waals surface area contributed by atoms with Crippen molar-refractivity contribution in [2.75, 3.05) is 34.3 Å². The summed E-state index contributed by atoms with van der Waals surface area (Å²) in [6.45, 7) is 2.66. The number of hydrogen-bond acceptors (Lipinski definition) is 10. The predicted octanol–water partition coefficient (Wildman–Crippen LogP) is 0.625. The molecule has 222 valence electrons. The van der Waals surface area contributed by atoms with Gasteiger partial charge in [0.15, 0.2) is 34.7 Å². The number of amides is 1. The number of ether oxygens (including phenoxy) is 1. The minimum Gasteiger partial charge on any atom is -0.507 e. The van der Waals surface area contributed by atoms with Crippen molar-refractivity contribution in [3.05, 3.63) is 34.9 Å². The summed E-state index contributed by atoms with van der Waals surface area (Å²) in [5.74, 6) is -10.2. The number of likely N-dealkylation sites (N-methyl/N-ethyl adjacent to an activating group) is 1. The summed E-state index contributed by atoms with van der Waals surface area (Å²) in [6.07, 6.45) is 2.39. The standard InChI is InChI=1S/C31H35N3O8/c1-33(2)23-19-12-15-11-18-21(25(36)20(15)28(38)31(19,41)29(39)22(26(23)37)30(32)40)24(35)17-10-14(13-34-8-4-5-9-34)6-7-16(17)27(18)42-3/h6-7,10,15,19-20,22-23,35,41H,4-5,8-9,11-13H2,1-3H3,(H2,32,40)/t15-,19-,20?,22?,23-,31-/m0/s1. The molecule has 2 aromatic carbocycles. The zero-order valence-corrected chi connectivity index (χ0v) is 23.9. The lowest BCUT2D eigenvalue weighted by Crippen LogP contribution is -2.74. The highest BCUT2D eigenvalue weighted by Crippen LogP contribution is 2.53. The number of phenolic OH excluding ortho intramolecular Hbond substituents is 1. The van der Waals surface area contributed by atoms with Gasteiger partial charge in [-0.05, 0) is 70.4 Å². The molecule has 0 spiro atoms. The van der Waals surface area contributed by atoms with Gasteiger partial charge in [-0.1, -0.05) is 12.1 Å². The lowest BCUT2D eigenvalue weighted by molar-refractivity contribution is -0.181. The highest BCUT2D eigenvalue weighted by molar-refractivity contribution is 6.32. The number of nitrogens with zero attached hydrogens (tertiary/aromatic N) is 2. The van der Waals surface area contributed by atoms with Gasteiger partial charge in [0.25, 0.3) is 0 Å². The van der Waals surface area contributed by atoms with E-state index in [4.69, 9.17) is 10.5 Å². The van der Waals surface area contributed by atoms with Crippen LogP contribution >= 0.6 is 0 Å². The molecular weight excluding hydrogens is 542 g/mol. The maximum absolute atomic E-state index is 14.1. The number of Topliss-reactive ketones (excluding diaryl/α,β-unsaturated/α-hetero) is 4. The number of ketones is 4. The Bertz CT molecular complexity index is 1560. The van der Waals surface area contributed by atoms with Gasteiger partial charge in [-0.2, -0.15) is 0 Å². The monoisotopic (exact) mass is 577 g/mol. The van der Waals surface area contributed by atoms with Gasteiger partial charge in [-0.3, -0.25) is 33.8 Å². The van der Waals surface area contributed by atoms with Crippen LogP contribution in [0.15, 0.2) is 18.2 Å². The van der Waals surface area contributed by atoms with Crippen LogP contribution in [-0.4, -0.2) is 95.0 Å². The summed E-state index contributed by atoms with van der Waals surface area (Å²) >= 11 is 0. The maximum Gasteiger partial charge on any atom is 0.235 e. The number of aromatic hydroxyl groups is 1. The second kappa shape index (κ2) is 9.96. The van der Waals surface area contributed by atoms with E-state index in [1.165, 1.54) is 12.0 Å². The minimum absolute atomic E-state index is 0.0133. The minimum atomic E-state index is -2.75. The fourth-order valence-corrected chi connectivity index (χ4v) is 8.01. The molecule has 6 atom stereocenters. The zero-order chi connectivity index (χ0) is 30.2. The van der Waals surface area contributed by atoms with Crippen molar-refractivity contribution >= 4 is 39.8 Å². The molecule has 0 aromatic heterocycles. The highest BCUT2D eigenvalue weighted by atomic mass is 16.5. The summed E-state index contributed by atoms with van der Waals surface area (Å²) in [7, 11) is 4.59. The van der Waals surface area contributed by atoms with Gasteiger partial charge in [0.1, 0.15) is 11.5 Å². The Balaban J connectivity index is 1.47. The van der Waals surface area contributed by atoms with Crippen LogP contribution in [0, 0.1) is 23.7 Å². The SMILES string of the molecule is COc1c2c(c(O)c3cc(CN4CCCC4)ccc13)C(=O)C1C(=O)[C@]3(O)C(=O)C(C(N)=O)C(=O)[C@@H](N(C)C)[C@@H]3C[C@@H]1C2. The van der Waals surface area contributed by atoms with Crippen LogP contribution in [0.2, 0.25) is 0 Å². The van der Waals surface area contributed by atoms with E-state index in [9.17, 15) is 34.2 Å². The molecular formula is C31H35N3O8. The van der Waals surface area contributed by atoms with Crippen LogP contribution in [0.5, 0.6) is 11.5 Å². The molecule has 3 fully saturated rings. The van der Waals surface area contributed by atoms with Gasteiger partial charge in [0.05, 0.1) is 24.6 Å². The summed E-state index contributed by atoms with van der Waals surface area (Å²) in [6, 6.07) is 4.52. The van der Waals surface area contributed by atoms with Crippen molar-refractivity contribution in [2.24, 2.45) is 29.4 Å². The normalized spacial score (nSPS) is 31.3. The number of carbonyl (C=O) groups is 5. The van der Waals surface area contributed by atoms with E-state index in [0.717, 1.165) is 31.5 Å². The topological polar surface area (TPSA) is 168 Å². The third-order valence-electron chi connectivity index (χ3n) is 9.86. The van der Waals surface area contributed by atoms with Gasteiger partial charge >= 0.3 is 0 Å². The van der Waals surface area contributed by atoms with Crippen LogP contribution in [0.25, 0.3) is 10.8 Å². The van der Waals surface area contributed by atoms with E-state index < -0.39 is 64.4 Å². The summed E-state index contributed by atoms with van der Waals surface area (Å²) in [4.78, 5) is 70.9. The Morgan fingerprint density at radius 3 is 2.43 bits per heavy atom. The number of fused-ring (bicyclic) bond motifs is 4. The third kappa shape index (κ3) is 3.86. The average Bonchev–Trinajstić information content (AvgIpc) is 3.44. The summed E-state index contributed by atoms with van der Waals surface area (Å²) in [5, 5.41) is 24.3. The number of rotatable bonds is 5. The first kappa shape index (κ1) is 28.4. The Hall–Kier alpha value is -3.67. The molecule has 2 saturated carbocycles. The first-order chi connectivity index (χ1) is 19.9. The van der Waals surface area contributed by atoms with Crippen LogP contribution < -0.4 is 10.5 Å². The highest BCUT2D eigenvalue weighted by Gasteiger charge is 2.69. The van der Waals surface area contributed by atoms with Crippen molar-refractivity contribution in [1.29, 1.82) is 0 Å². The number of aliphatic hydroxyl groups is 1. The Morgan fingerprint density at radius 2 is 1.81 bits per heavy atom. The molecule has 0 bridgehead atoms. The molecule has 2 aromatic rings. The first-order valence-electron chi connectivity index (χ1n) is 14.3. The molecule has 42 heavy (non-hydrogen) atoms. The van der Waals surface area contributed by atoms with Gasteiger partial charge in [0.2, 0.25) is 5.91 Å². The van der Waals surface area contributed by atoms with E-state index >= 15 is 0 Å². The second-order valence-electron chi connectivity index (χ2n) is 12.4. The number of likely N-dealkylation sites (tertiary alicyclic amines) is 1. The molecule has 4 N–H and O–H groups in total. The number of carbonyl (C=O) groups excluding carboxylic acids is 5. The molecule has 2 unspecified atom stereocenters. The molecule has 1 aliphatic heterocycles. The van der Waals surface area contributed by atoms with Crippen molar-refractivity contribution < 1.29 is 38.9 Å². The third-order valence-corrected chi connectivity index (χ3v) is 9.86. The molecule has 3 aliphatic carbocycles. The van der Waals surface area contributed by atoms with Crippen molar-refractivity contribution in [3.8, 4) is 11.5 Å². The number of phenols is 1. The number of nitrogens with two attached hydrogens (primary N) is 1. The molecule has 1 amide bonds. The Labute approximate surface area is 242 Å². The van der Waals surface area contributed by atoms with Crippen LogP contribution in [0.4, 0.5) is 0 Å². The number of primary amides is 1. The molecule has 1 saturated heterocycles. The Morgan fingerprint density at radius 1 is 1.12 bits per heavy atom. The molecule has 1 heterocycles. The molecule has 0 radical (unpaired) electrons. The quantitative estimate of drug-likeness (QED) is 0.429. The van der Waals surface area contributed by atoms with Gasteiger partial charge < -0.3 is 20.7 Å². The number of benzene rings is 2. The fraction of sp³-hybridized carbons (Fsp3) is 0.516.